The summed E-state index contributed by atoms with van der Waals surface area (Å²) in [6.45, 7) is 0.615. The van der Waals surface area contributed by atoms with E-state index < -0.39 is 11.6 Å². The molecule has 0 unspecified atom stereocenters. The molecule has 2 nitrogen and oxygen atoms in total. The molecule has 0 radical (unpaired) electrons. The number of halogens is 2. The molecule has 1 rings (SSSR count). The Balaban J connectivity index is 2.60. The molecule has 0 aliphatic heterocycles. The van der Waals surface area contributed by atoms with E-state index in [0.717, 1.165) is 18.9 Å². The highest BCUT2D eigenvalue weighted by Crippen LogP contribution is 2.18. The minimum atomic E-state index is -0.584. The van der Waals surface area contributed by atoms with Crippen molar-refractivity contribution in [3.8, 4) is 0 Å². The van der Waals surface area contributed by atoms with Crippen molar-refractivity contribution in [3.63, 3.8) is 0 Å². The van der Waals surface area contributed by atoms with E-state index in [2.05, 4.69) is 0 Å². The lowest BCUT2D eigenvalue weighted by molar-refractivity contribution is 0.556. The van der Waals surface area contributed by atoms with Crippen LogP contribution in [-0.2, 0) is 0 Å². The number of hydrogen-bond acceptors (Lipinski definition) is 2. The molecule has 1 atom stereocenters. The largest absolute Gasteiger partial charge is 0.330 e. The highest BCUT2D eigenvalue weighted by atomic mass is 19.1. The predicted molar refractivity (Wildman–Crippen MR) is 56.2 cm³/mol. The van der Waals surface area contributed by atoms with Gasteiger partial charge in [-0.05, 0) is 37.1 Å². The first kappa shape index (κ1) is 12.1. The van der Waals surface area contributed by atoms with Gasteiger partial charge < -0.3 is 11.5 Å². The zero-order chi connectivity index (χ0) is 11.3. The first-order valence-electron chi connectivity index (χ1n) is 5.05. The zero-order valence-electron chi connectivity index (χ0n) is 8.55. The molecular formula is C11H16F2N2. The van der Waals surface area contributed by atoms with Crippen molar-refractivity contribution in [2.45, 2.75) is 25.3 Å². The number of benzene rings is 1. The molecular weight excluding hydrogens is 198 g/mol. The van der Waals surface area contributed by atoms with Crippen molar-refractivity contribution in [1.29, 1.82) is 0 Å². The quantitative estimate of drug-likeness (QED) is 0.737. The average Bonchev–Trinajstić information content (AvgIpc) is 2.16. The molecule has 0 spiro atoms. The first-order valence-corrected chi connectivity index (χ1v) is 5.05. The fraction of sp³-hybridized carbons (Fsp3) is 0.455. The molecule has 4 heteroatoms. The highest BCUT2D eigenvalue weighted by molar-refractivity contribution is 5.20. The zero-order valence-corrected chi connectivity index (χ0v) is 8.55. The van der Waals surface area contributed by atoms with Gasteiger partial charge in [0.05, 0.1) is 0 Å². The van der Waals surface area contributed by atoms with Crippen molar-refractivity contribution in [3.05, 3.63) is 35.4 Å². The van der Waals surface area contributed by atoms with Gasteiger partial charge in [-0.25, -0.2) is 8.78 Å². The van der Waals surface area contributed by atoms with Gasteiger partial charge >= 0.3 is 0 Å². The van der Waals surface area contributed by atoms with Crippen LogP contribution < -0.4 is 11.5 Å². The monoisotopic (exact) mass is 214 g/mol. The molecule has 0 aliphatic carbocycles. The van der Waals surface area contributed by atoms with Crippen molar-refractivity contribution >= 4 is 0 Å². The Morgan fingerprint density at radius 1 is 1.07 bits per heavy atom. The average molecular weight is 214 g/mol. The van der Waals surface area contributed by atoms with Crippen LogP contribution in [0, 0.1) is 11.6 Å². The van der Waals surface area contributed by atoms with E-state index in [1.54, 1.807) is 0 Å². The van der Waals surface area contributed by atoms with Crippen LogP contribution >= 0.6 is 0 Å². The smallest absolute Gasteiger partial charge is 0.126 e. The van der Waals surface area contributed by atoms with E-state index in [-0.39, 0.29) is 6.04 Å². The summed E-state index contributed by atoms with van der Waals surface area (Å²) in [5.74, 6) is -1.17. The Bertz CT molecular complexity index is 295. The predicted octanol–water partition coefficient (Wildman–Crippen LogP) is 2.09. The van der Waals surface area contributed by atoms with Crippen LogP contribution in [0.1, 0.15) is 30.9 Å². The second kappa shape index (κ2) is 5.78. The molecule has 15 heavy (non-hydrogen) atoms. The van der Waals surface area contributed by atoms with E-state index in [4.69, 9.17) is 11.5 Å². The molecule has 84 valence electrons. The fourth-order valence-corrected chi connectivity index (χ4v) is 1.46. The van der Waals surface area contributed by atoms with Crippen LogP contribution in [-0.4, -0.2) is 6.54 Å². The van der Waals surface area contributed by atoms with Crippen molar-refractivity contribution in [2.24, 2.45) is 11.5 Å². The van der Waals surface area contributed by atoms with Gasteiger partial charge in [0.2, 0.25) is 0 Å². The van der Waals surface area contributed by atoms with Gasteiger partial charge in [-0.2, -0.15) is 0 Å². The number of hydrogen-bond donors (Lipinski definition) is 2. The van der Waals surface area contributed by atoms with Crippen LogP contribution in [0.25, 0.3) is 0 Å². The van der Waals surface area contributed by atoms with Gasteiger partial charge in [0, 0.05) is 12.1 Å². The molecule has 0 saturated heterocycles. The van der Waals surface area contributed by atoms with Gasteiger partial charge in [0.1, 0.15) is 11.6 Å². The summed E-state index contributed by atoms with van der Waals surface area (Å²) in [5.41, 5.74) is 11.6. The third-order valence-corrected chi connectivity index (χ3v) is 2.28. The SMILES string of the molecule is NCCCC[C@H](N)c1cc(F)cc(F)c1. The first-order chi connectivity index (χ1) is 7.13. The second-order valence-corrected chi connectivity index (χ2v) is 3.59. The Labute approximate surface area is 88.3 Å². The maximum Gasteiger partial charge on any atom is 0.126 e. The lowest BCUT2D eigenvalue weighted by Crippen LogP contribution is -2.11. The van der Waals surface area contributed by atoms with Crippen molar-refractivity contribution in [1.82, 2.24) is 0 Å². The van der Waals surface area contributed by atoms with Gasteiger partial charge in [-0.15, -0.1) is 0 Å². The lowest BCUT2D eigenvalue weighted by atomic mass is 10.0. The summed E-state index contributed by atoms with van der Waals surface area (Å²) in [7, 11) is 0. The number of nitrogens with two attached hydrogens (primary N) is 2. The molecule has 0 saturated carbocycles. The summed E-state index contributed by atoms with van der Waals surface area (Å²) in [5, 5.41) is 0. The Morgan fingerprint density at radius 2 is 1.67 bits per heavy atom. The molecule has 0 fully saturated rings. The summed E-state index contributed by atoms with van der Waals surface area (Å²) in [6.07, 6.45) is 2.45. The Morgan fingerprint density at radius 3 is 2.20 bits per heavy atom. The molecule has 0 aliphatic rings. The minimum absolute atomic E-state index is 0.318. The molecule has 1 aromatic rings. The van der Waals surface area contributed by atoms with E-state index in [9.17, 15) is 8.78 Å². The van der Waals surface area contributed by atoms with Crippen molar-refractivity contribution in [2.75, 3.05) is 6.54 Å². The highest BCUT2D eigenvalue weighted by Gasteiger charge is 2.08. The van der Waals surface area contributed by atoms with Gasteiger partial charge in [0.25, 0.3) is 0 Å². The molecule has 0 heterocycles. The molecule has 0 amide bonds. The normalized spacial score (nSPS) is 12.8. The summed E-state index contributed by atoms with van der Waals surface area (Å²) < 4.78 is 25.7. The maximum atomic E-state index is 12.9. The van der Waals surface area contributed by atoms with E-state index in [0.29, 0.717) is 18.5 Å². The van der Waals surface area contributed by atoms with E-state index in [1.807, 2.05) is 0 Å². The number of rotatable bonds is 5. The summed E-state index contributed by atoms with van der Waals surface area (Å²) in [6, 6.07) is 3.07. The Hall–Kier alpha value is -1.00. The molecule has 4 N–H and O–H groups in total. The van der Waals surface area contributed by atoms with Gasteiger partial charge in [-0.3, -0.25) is 0 Å². The minimum Gasteiger partial charge on any atom is -0.330 e. The van der Waals surface area contributed by atoms with Crippen LogP contribution in [0.5, 0.6) is 0 Å². The lowest BCUT2D eigenvalue weighted by Gasteiger charge is -2.11. The molecule has 0 aromatic heterocycles. The van der Waals surface area contributed by atoms with Crippen molar-refractivity contribution < 1.29 is 8.78 Å². The number of unbranched alkanes of at least 4 members (excludes halogenated alkanes) is 1. The topological polar surface area (TPSA) is 52.0 Å². The molecule has 1 aromatic carbocycles. The Kier molecular flexibility index (Phi) is 4.65. The standard InChI is InChI=1S/C11H16F2N2/c12-9-5-8(6-10(13)7-9)11(15)3-1-2-4-14/h5-7,11H,1-4,14-15H2/t11-/m0/s1. The van der Waals surface area contributed by atoms with Crippen LogP contribution in [0.2, 0.25) is 0 Å². The van der Waals surface area contributed by atoms with E-state index >= 15 is 0 Å². The maximum absolute atomic E-state index is 12.9. The third-order valence-electron chi connectivity index (χ3n) is 2.28. The second-order valence-electron chi connectivity index (χ2n) is 3.59. The van der Waals surface area contributed by atoms with Gasteiger partial charge in [-0.1, -0.05) is 6.42 Å². The van der Waals surface area contributed by atoms with Crippen LogP contribution in [0.3, 0.4) is 0 Å². The fourth-order valence-electron chi connectivity index (χ4n) is 1.46. The van der Waals surface area contributed by atoms with Gasteiger partial charge in [0.15, 0.2) is 0 Å². The van der Waals surface area contributed by atoms with Crippen LogP contribution in [0.4, 0.5) is 8.78 Å². The van der Waals surface area contributed by atoms with Crippen LogP contribution in [0.15, 0.2) is 18.2 Å². The van der Waals surface area contributed by atoms with E-state index in [1.165, 1.54) is 12.1 Å². The summed E-state index contributed by atoms with van der Waals surface area (Å²) in [4.78, 5) is 0. The summed E-state index contributed by atoms with van der Waals surface area (Å²) >= 11 is 0. The third kappa shape index (κ3) is 3.93. The molecule has 0 bridgehead atoms.